The van der Waals surface area contributed by atoms with Gasteiger partial charge in [0.15, 0.2) is 29.9 Å². The molecule has 1 aliphatic heterocycles. The number of hydrogen-bond donors (Lipinski definition) is 3. The second-order valence-corrected chi connectivity index (χ2v) is 7.12. The molecule has 0 saturated heterocycles. The number of allylic oxidation sites excluding steroid dienone is 1. The summed E-state index contributed by atoms with van der Waals surface area (Å²) in [7, 11) is 3.03. The van der Waals surface area contributed by atoms with Gasteiger partial charge in [-0.3, -0.25) is 9.59 Å². The largest absolute Gasteiger partial charge is 0.493 e. The number of aliphatic carboxylic acids is 1. The SMILES string of the molecule is COc1ccc(/C=C2\Oc3cc(OCC(=O)N[C@H](C(=O)O)[C@@H](C)O)ccc3C2=O)cc1OC. The van der Waals surface area contributed by atoms with E-state index in [0.717, 1.165) is 0 Å². The van der Waals surface area contributed by atoms with Crippen molar-refractivity contribution in [3.8, 4) is 23.0 Å². The average molecular weight is 457 g/mol. The van der Waals surface area contributed by atoms with Crippen LogP contribution in [-0.2, 0) is 9.59 Å². The van der Waals surface area contributed by atoms with E-state index in [9.17, 15) is 19.5 Å². The number of Topliss-reactive ketones (excluding diaryl/α,β-unsaturated/α-hetero) is 1. The van der Waals surface area contributed by atoms with E-state index in [1.54, 1.807) is 24.3 Å². The van der Waals surface area contributed by atoms with Gasteiger partial charge < -0.3 is 34.5 Å². The van der Waals surface area contributed by atoms with E-state index in [2.05, 4.69) is 5.32 Å². The zero-order chi connectivity index (χ0) is 24.1. The zero-order valence-corrected chi connectivity index (χ0v) is 18.2. The minimum Gasteiger partial charge on any atom is -0.493 e. The highest BCUT2D eigenvalue weighted by Gasteiger charge is 2.28. The molecule has 0 aromatic heterocycles. The minimum absolute atomic E-state index is 0.105. The first-order valence-corrected chi connectivity index (χ1v) is 9.86. The van der Waals surface area contributed by atoms with E-state index in [1.807, 2.05) is 0 Å². The molecule has 33 heavy (non-hydrogen) atoms. The summed E-state index contributed by atoms with van der Waals surface area (Å²) >= 11 is 0. The number of aliphatic hydroxyl groups is 1. The van der Waals surface area contributed by atoms with E-state index in [0.29, 0.717) is 22.6 Å². The lowest BCUT2D eigenvalue weighted by Gasteiger charge is -2.17. The quantitative estimate of drug-likeness (QED) is 0.479. The summed E-state index contributed by atoms with van der Waals surface area (Å²) in [6.07, 6.45) is 0.294. The molecule has 1 aliphatic rings. The van der Waals surface area contributed by atoms with Crippen LogP contribution in [0.25, 0.3) is 6.08 Å². The zero-order valence-electron chi connectivity index (χ0n) is 18.2. The third-order valence-electron chi connectivity index (χ3n) is 4.78. The lowest BCUT2D eigenvalue weighted by molar-refractivity contribution is -0.145. The fourth-order valence-electron chi connectivity index (χ4n) is 3.10. The topological polar surface area (TPSA) is 141 Å². The normalized spacial score (nSPS) is 15.3. The summed E-state index contributed by atoms with van der Waals surface area (Å²) in [5.74, 6) is -0.741. The molecule has 0 bridgehead atoms. The van der Waals surface area contributed by atoms with Gasteiger partial charge in [0.05, 0.1) is 25.9 Å². The molecule has 2 aromatic carbocycles. The number of ketones is 1. The number of nitrogens with one attached hydrogen (secondary N) is 1. The highest BCUT2D eigenvalue weighted by molar-refractivity contribution is 6.14. The van der Waals surface area contributed by atoms with Crippen molar-refractivity contribution in [1.82, 2.24) is 5.32 Å². The van der Waals surface area contributed by atoms with Crippen molar-refractivity contribution in [3.05, 3.63) is 53.3 Å². The fraction of sp³-hybridized carbons (Fsp3) is 0.261. The number of fused-ring (bicyclic) bond motifs is 1. The van der Waals surface area contributed by atoms with Crippen LogP contribution in [0.1, 0.15) is 22.8 Å². The smallest absolute Gasteiger partial charge is 0.328 e. The minimum atomic E-state index is -1.45. The third-order valence-corrected chi connectivity index (χ3v) is 4.78. The van der Waals surface area contributed by atoms with Gasteiger partial charge in [0, 0.05) is 6.07 Å². The first kappa shape index (κ1) is 23.6. The van der Waals surface area contributed by atoms with Crippen molar-refractivity contribution >= 4 is 23.7 Å². The van der Waals surface area contributed by atoms with E-state index in [-0.39, 0.29) is 23.0 Å². The molecule has 10 nitrogen and oxygen atoms in total. The fourth-order valence-corrected chi connectivity index (χ4v) is 3.10. The van der Waals surface area contributed by atoms with Gasteiger partial charge in [-0.05, 0) is 42.8 Å². The van der Waals surface area contributed by atoms with Crippen LogP contribution in [0.4, 0.5) is 0 Å². The molecule has 2 aromatic rings. The molecule has 3 N–H and O–H groups in total. The van der Waals surface area contributed by atoms with E-state index in [4.69, 9.17) is 24.1 Å². The number of carboxylic acid groups (broad SMARTS) is 1. The molecule has 1 amide bonds. The number of amides is 1. The standard InChI is InChI=1S/C23H23NO9/c1-12(25)21(23(28)29)24-20(26)11-32-14-5-6-15-17(10-14)33-19(22(15)27)9-13-4-7-16(30-2)18(8-13)31-3/h4-10,12,21,25H,11H2,1-3H3,(H,24,26)(H,28,29)/b19-9-/t12-,21+/m1/s1. The van der Waals surface area contributed by atoms with Crippen molar-refractivity contribution in [2.45, 2.75) is 19.1 Å². The molecule has 0 radical (unpaired) electrons. The molecule has 0 unspecified atom stereocenters. The summed E-state index contributed by atoms with van der Waals surface area (Å²) in [6, 6.07) is 8.17. The highest BCUT2D eigenvalue weighted by atomic mass is 16.5. The van der Waals surface area contributed by atoms with Crippen molar-refractivity contribution in [2.75, 3.05) is 20.8 Å². The maximum absolute atomic E-state index is 12.7. The molecular weight excluding hydrogens is 434 g/mol. The lowest BCUT2D eigenvalue weighted by atomic mass is 10.1. The Kier molecular flexibility index (Phi) is 7.19. The molecule has 10 heteroatoms. The second kappa shape index (κ2) is 10.0. The number of aliphatic hydroxyl groups excluding tert-OH is 1. The molecule has 0 saturated carbocycles. The molecule has 2 atom stereocenters. The maximum Gasteiger partial charge on any atom is 0.328 e. The Morgan fingerprint density at radius 2 is 1.85 bits per heavy atom. The highest BCUT2D eigenvalue weighted by Crippen LogP contribution is 2.36. The molecule has 0 fully saturated rings. The average Bonchev–Trinajstić information content (AvgIpc) is 3.09. The summed E-state index contributed by atoms with van der Waals surface area (Å²) in [5, 5.41) is 20.6. The number of carboxylic acids is 1. The first-order valence-electron chi connectivity index (χ1n) is 9.86. The number of ether oxygens (including phenoxy) is 4. The third kappa shape index (κ3) is 5.42. The van der Waals surface area contributed by atoms with E-state index in [1.165, 1.54) is 39.3 Å². The van der Waals surface area contributed by atoms with Crippen LogP contribution < -0.4 is 24.3 Å². The van der Waals surface area contributed by atoms with Crippen LogP contribution in [0.5, 0.6) is 23.0 Å². The number of hydrogen-bond acceptors (Lipinski definition) is 8. The molecule has 3 rings (SSSR count). The Morgan fingerprint density at radius 1 is 1.12 bits per heavy atom. The number of carbonyl (C=O) groups is 3. The Bertz CT molecular complexity index is 1110. The Hall–Kier alpha value is -4.05. The summed E-state index contributed by atoms with van der Waals surface area (Å²) < 4.78 is 21.5. The van der Waals surface area contributed by atoms with Crippen LogP contribution in [0, 0.1) is 0 Å². The monoisotopic (exact) mass is 457 g/mol. The first-order chi connectivity index (χ1) is 15.7. The Morgan fingerprint density at radius 3 is 2.48 bits per heavy atom. The van der Waals surface area contributed by atoms with Crippen molar-refractivity contribution in [2.24, 2.45) is 0 Å². The number of carbonyl (C=O) groups excluding carboxylic acids is 2. The van der Waals surface area contributed by atoms with Gasteiger partial charge in [-0.1, -0.05) is 6.07 Å². The van der Waals surface area contributed by atoms with Gasteiger partial charge in [-0.25, -0.2) is 4.79 Å². The molecule has 0 spiro atoms. The van der Waals surface area contributed by atoms with Gasteiger partial charge in [0.1, 0.15) is 11.5 Å². The maximum atomic E-state index is 12.7. The molecule has 0 aliphatic carbocycles. The number of benzene rings is 2. The van der Waals surface area contributed by atoms with Crippen molar-refractivity contribution in [3.63, 3.8) is 0 Å². The van der Waals surface area contributed by atoms with Crippen LogP contribution in [-0.4, -0.2) is 60.8 Å². The Labute approximate surface area is 189 Å². The van der Waals surface area contributed by atoms with Gasteiger partial charge >= 0.3 is 5.97 Å². The van der Waals surface area contributed by atoms with Crippen LogP contribution >= 0.6 is 0 Å². The lowest BCUT2D eigenvalue weighted by Crippen LogP contribution is -2.49. The van der Waals surface area contributed by atoms with Gasteiger partial charge in [-0.2, -0.15) is 0 Å². The van der Waals surface area contributed by atoms with E-state index < -0.39 is 30.6 Å². The van der Waals surface area contributed by atoms with Crippen LogP contribution in [0.15, 0.2) is 42.2 Å². The van der Waals surface area contributed by atoms with Crippen molar-refractivity contribution in [1.29, 1.82) is 0 Å². The van der Waals surface area contributed by atoms with Gasteiger partial charge in [-0.15, -0.1) is 0 Å². The van der Waals surface area contributed by atoms with Crippen LogP contribution in [0.2, 0.25) is 0 Å². The van der Waals surface area contributed by atoms with E-state index >= 15 is 0 Å². The summed E-state index contributed by atoms with van der Waals surface area (Å²) in [5.41, 5.74) is 1.00. The molecule has 174 valence electrons. The summed E-state index contributed by atoms with van der Waals surface area (Å²) in [4.78, 5) is 35.7. The molecule has 1 heterocycles. The van der Waals surface area contributed by atoms with Crippen molar-refractivity contribution < 1.29 is 43.5 Å². The predicted molar refractivity (Wildman–Crippen MR) is 116 cm³/mol. The summed E-state index contributed by atoms with van der Waals surface area (Å²) in [6.45, 7) is 0.763. The van der Waals surface area contributed by atoms with Gasteiger partial charge in [0.25, 0.3) is 5.91 Å². The predicted octanol–water partition coefficient (Wildman–Crippen LogP) is 1.65. The van der Waals surface area contributed by atoms with Gasteiger partial charge in [0.2, 0.25) is 5.78 Å². The second-order valence-electron chi connectivity index (χ2n) is 7.12. The van der Waals surface area contributed by atoms with Crippen LogP contribution in [0.3, 0.4) is 0 Å². The number of methoxy groups -OCH3 is 2. The number of rotatable bonds is 9. The Balaban J connectivity index is 1.69. The molecular formula is C23H23NO9.